The zero-order valence-corrected chi connectivity index (χ0v) is 12.4. The molecule has 2 aromatic rings. The number of carbonyl (C=O) groups excluding carboxylic acids is 2. The molecule has 2 aromatic heterocycles. The summed E-state index contributed by atoms with van der Waals surface area (Å²) >= 11 is 0. The van der Waals surface area contributed by atoms with E-state index in [0.29, 0.717) is 12.8 Å². The molecule has 0 aromatic carbocycles. The van der Waals surface area contributed by atoms with E-state index in [4.69, 9.17) is 8.83 Å². The Balaban J connectivity index is 0.000000211. The van der Waals surface area contributed by atoms with Crippen LogP contribution in [0, 0.1) is 0 Å². The number of Topliss-reactive ketones (excluding diaryl/α,β-unsaturated/α-hetero) is 1. The van der Waals surface area contributed by atoms with Crippen molar-refractivity contribution in [1.29, 1.82) is 0 Å². The molecule has 2 heterocycles. The van der Waals surface area contributed by atoms with E-state index in [-0.39, 0.29) is 5.78 Å². The minimum atomic E-state index is 0.205. The van der Waals surface area contributed by atoms with Gasteiger partial charge in [0.15, 0.2) is 0 Å². The largest absolute Gasteiger partial charge is 0.469 e. The van der Waals surface area contributed by atoms with Gasteiger partial charge in [0, 0.05) is 19.3 Å². The molecular formula is C17H20O4. The first-order valence-corrected chi connectivity index (χ1v) is 6.80. The summed E-state index contributed by atoms with van der Waals surface area (Å²) in [5.41, 5.74) is 0.750. The predicted molar refractivity (Wildman–Crippen MR) is 79.9 cm³/mol. The molecule has 0 unspecified atom stereocenters. The molecule has 4 heteroatoms. The monoisotopic (exact) mass is 288 g/mol. The molecule has 0 saturated heterocycles. The molecule has 0 bridgehead atoms. The second-order valence-electron chi connectivity index (χ2n) is 4.52. The molecule has 0 fully saturated rings. The SMILES string of the molecule is CC(=O)CCc1ccco1.CC=C(C=O)Cc1ccco1. The number of ketones is 1. The lowest BCUT2D eigenvalue weighted by Gasteiger charge is -1.92. The summed E-state index contributed by atoms with van der Waals surface area (Å²) in [5.74, 6) is 1.91. The summed E-state index contributed by atoms with van der Waals surface area (Å²) in [4.78, 5) is 20.8. The van der Waals surface area contributed by atoms with Crippen LogP contribution in [0.25, 0.3) is 0 Å². The van der Waals surface area contributed by atoms with Gasteiger partial charge in [0.25, 0.3) is 0 Å². The van der Waals surface area contributed by atoms with E-state index in [1.807, 2.05) is 31.2 Å². The third-order valence-electron chi connectivity index (χ3n) is 2.78. The van der Waals surface area contributed by atoms with Crippen LogP contribution in [0.3, 0.4) is 0 Å². The molecule has 0 atom stereocenters. The Hall–Kier alpha value is -2.36. The number of hydrogen-bond acceptors (Lipinski definition) is 4. The minimum Gasteiger partial charge on any atom is -0.469 e. The van der Waals surface area contributed by atoms with Gasteiger partial charge in [-0.1, -0.05) is 6.08 Å². The zero-order chi connectivity index (χ0) is 15.5. The minimum absolute atomic E-state index is 0.205. The average Bonchev–Trinajstić information content (AvgIpc) is 3.16. The second kappa shape index (κ2) is 9.53. The van der Waals surface area contributed by atoms with Gasteiger partial charge in [0.1, 0.15) is 23.6 Å². The van der Waals surface area contributed by atoms with E-state index in [1.54, 1.807) is 25.5 Å². The molecule has 0 N–H and O–H groups in total. The third-order valence-corrected chi connectivity index (χ3v) is 2.78. The molecule has 0 aliphatic heterocycles. The molecule has 0 spiro atoms. The van der Waals surface area contributed by atoms with E-state index >= 15 is 0 Å². The number of aryl methyl sites for hydroxylation is 1. The highest BCUT2D eigenvalue weighted by Crippen LogP contribution is 2.06. The topological polar surface area (TPSA) is 60.4 Å². The van der Waals surface area contributed by atoms with Crippen LogP contribution >= 0.6 is 0 Å². The maximum atomic E-state index is 10.5. The van der Waals surface area contributed by atoms with Crippen LogP contribution in [0.1, 0.15) is 31.8 Å². The van der Waals surface area contributed by atoms with Gasteiger partial charge in [-0.25, -0.2) is 0 Å². The summed E-state index contributed by atoms with van der Waals surface area (Å²) in [6.45, 7) is 3.43. The number of carbonyl (C=O) groups is 2. The van der Waals surface area contributed by atoms with Gasteiger partial charge in [-0.3, -0.25) is 4.79 Å². The standard InChI is InChI=1S/C9H10O2.C8H10O2/c1-2-8(7-10)6-9-4-3-5-11-9;1-7(9)4-5-8-3-2-6-10-8/h2-5,7H,6H2,1H3;2-3,6H,4-5H2,1H3. The molecule has 0 aliphatic rings. The fourth-order valence-electron chi connectivity index (χ4n) is 1.58. The molecule has 21 heavy (non-hydrogen) atoms. The van der Waals surface area contributed by atoms with Gasteiger partial charge in [-0.2, -0.15) is 0 Å². The van der Waals surface area contributed by atoms with Gasteiger partial charge in [-0.15, -0.1) is 0 Å². The maximum Gasteiger partial charge on any atom is 0.146 e. The lowest BCUT2D eigenvalue weighted by atomic mass is 10.2. The van der Waals surface area contributed by atoms with Crippen molar-refractivity contribution in [3.63, 3.8) is 0 Å². The fourth-order valence-corrected chi connectivity index (χ4v) is 1.58. The van der Waals surface area contributed by atoms with E-state index in [0.717, 1.165) is 29.8 Å². The predicted octanol–water partition coefficient (Wildman–Crippen LogP) is 3.77. The highest BCUT2D eigenvalue weighted by Gasteiger charge is 1.98. The summed E-state index contributed by atoms with van der Waals surface area (Å²) in [5, 5.41) is 0. The second-order valence-corrected chi connectivity index (χ2v) is 4.52. The number of rotatable bonds is 6. The number of furan rings is 2. The third kappa shape index (κ3) is 7.11. The van der Waals surface area contributed by atoms with Gasteiger partial charge in [0.2, 0.25) is 0 Å². The van der Waals surface area contributed by atoms with Crippen molar-refractivity contribution in [2.24, 2.45) is 0 Å². The molecule has 4 nitrogen and oxygen atoms in total. The Morgan fingerprint density at radius 2 is 1.76 bits per heavy atom. The van der Waals surface area contributed by atoms with Crippen LogP contribution in [0.15, 0.2) is 57.3 Å². The molecular weight excluding hydrogens is 268 g/mol. The van der Waals surface area contributed by atoms with Gasteiger partial charge < -0.3 is 13.6 Å². The normalized spacial score (nSPS) is 10.7. The van der Waals surface area contributed by atoms with Gasteiger partial charge in [-0.05, 0) is 43.7 Å². The Kier molecular flexibility index (Phi) is 7.58. The molecule has 0 amide bonds. The molecule has 0 aliphatic carbocycles. The summed E-state index contributed by atoms with van der Waals surface area (Å²) in [6.07, 6.45) is 7.75. The summed E-state index contributed by atoms with van der Waals surface area (Å²) in [6, 6.07) is 7.37. The van der Waals surface area contributed by atoms with Crippen molar-refractivity contribution in [3.05, 3.63) is 60.0 Å². The van der Waals surface area contributed by atoms with E-state index < -0.39 is 0 Å². The van der Waals surface area contributed by atoms with E-state index in [9.17, 15) is 9.59 Å². The van der Waals surface area contributed by atoms with Crippen molar-refractivity contribution >= 4 is 12.1 Å². The lowest BCUT2D eigenvalue weighted by Crippen LogP contribution is -1.91. The Labute approximate surface area is 124 Å². The highest BCUT2D eigenvalue weighted by molar-refractivity contribution is 5.75. The van der Waals surface area contributed by atoms with E-state index in [1.165, 1.54) is 0 Å². The van der Waals surface area contributed by atoms with Crippen molar-refractivity contribution < 1.29 is 18.4 Å². The first kappa shape index (κ1) is 16.7. The fraction of sp³-hybridized carbons (Fsp3) is 0.294. The smallest absolute Gasteiger partial charge is 0.146 e. The van der Waals surface area contributed by atoms with Crippen LogP contribution in [-0.4, -0.2) is 12.1 Å². The van der Waals surface area contributed by atoms with Crippen molar-refractivity contribution in [1.82, 2.24) is 0 Å². The Morgan fingerprint density at radius 1 is 1.14 bits per heavy atom. The number of aldehydes is 1. The lowest BCUT2D eigenvalue weighted by molar-refractivity contribution is -0.117. The highest BCUT2D eigenvalue weighted by atomic mass is 16.3. The number of hydrogen-bond donors (Lipinski definition) is 0. The summed E-state index contributed by atoms with van der Waals surface area (Å²) < 4.78 is 10.1. The van der Waals surface area contributed by atoms with Crippen LogP contribution in [0.5, 0.6) is 0 Å². The van der Waals surface area contributed by atoms with Crippen molar-refractivity contribution in [3.8, 4) is 0 Å². The van der Waals surface area contributed by atoms with Gasteiger partial charge >= 0.3 is 0 Å². The number of allylic oxidation sites excluding steroid dienone is 2. The molecule has 112 valence electrons. The Morgan fingerprint density at radius 3 is 2.19 bits per heavy atom. The first-order chi connectivity index (χ1) is 10.2. The maximum absolute atomic E-state index is 10.5. The molecule has 0 radical (unpaired) electrons. The van der Waals surface area contributed by atoms with Crippen LogP contribution in [0.2, 0.25) is 0 Å². The van der Waals surface area contributed by atoms with E-state index in [2.05, 4.69) is 0 Å². The van der Waals surface area contributed by atoms with Gasteiger partial charge in [0.05, 0.1) is 12.5 Å². The van der Waals surface area contributed by atoms with Crippen molar-refractivity contribution in [2.45, 2.75) is 33.1 Å². The molecule has 2 rings (SSSR count). The van der Waals surface area contributed by atoms with Crippen LogP contribution in [0.4, 0.5) is 0 Å². The zero-order valence-electron chi connectivity index (χ0n) is 12.4. The van der Waals surface area contributed by atoms with Crippen LogP contribution < -0.4 is 0 Å². The Bertz CT molecular complexity index is 548. The molecule has 0 saturated carbocycles. The summed E-state index contributed by atoms with van der Waals surface area (Å²) in [7, 11) is 0. The first-order valence-electron chi connectivity index (χ1n) is 6.80. The average molecular weight is 288 g/mol. The van der Waals surface area contributed by atoms with Crippen LogP contribution in [-0.2, 0) is 22.4 Å². The quantitative estimate of drug-likeness (QED) is 0.599. The van der Waals surface area contributed by atoms with Crippen molar-refractivity contribution in [2.75, 3.05) is 0 Å².